The first-order valence-corrected chi connectivity index (χ1v) is 21.2. The van der Waals surface area contributed by atoms with Gasteiger partial charge in [0.2, 0.25) is 0 Å². The van der Waals surface area contributed by atoms with Crippen molar-refractivity contribution in [3.8, 4) is 44.5 Å². The van der Waals surface area contributed by atoms with Gasteiger partial charge in [0, 0.05) is 42.0 Å². The first-order valence-electron chi connectivity index (χ1n) is 21.2. The van der Waals surface area contributed by atoms with Gasteiger partial charge < -0.3 is 9.47 Å². The number of anilines is 1. The van der Waals surface area contributed by atoms with Gasteiger partial charge in [0.25, 0.3) is 0 Å². The van der Waals surface area contributed by atoms with Crippen LogP contribution in [0.4, 0.5) is 5.69 Å². The predicted octanol–water partition coefficient (Wildman–Crippen LogP) is 14.9. The molecule has 0 amide bonds. The van der Waals surface area contributed by atoms with Gasteiger partial charge in [-0.05, 0) is 129 Å². The van der Waals surface area contributed by atoms with Crippen molar-refractivity contribution in [2.75, 3.05) is 11.9 Å². The van der Waals surface area contributed by atoms with Gasteiger partial charge in [-0.3, -0.25) is 0 Å². The van der Waals surface area contributed by atoms with Crippen molar-refractivity contribution in [1.82, 2.24) is 4.57 Å². The molecule has 0 N–H and O–H groups in total. The average molecular weight is 763 g/mol. The van der Waals surface area contributed by atoms with Crippen molar-refractivity contribution >= 4 is 76.7 Å². The van der Waals surface area contributed by atoms with E-state index in [2.05, 4.69) is 206 Å². The normalized spacial score (nSPS) is 16.1. The van der Waals surface area contributed by atoms with E-state index < -0.39 is 0 Å². The first kappa shape index (κ1) is 32.5. The number of aromatic nitrogens is 1. The quantitative estimate of drug-likeness (QED) is 0.170. The van der Waals surface area contributed by atoms with Crippen molar-refractivity contribution in [2.45, 2.75) is 12.0 Å². The van der Waals surface area contributed by atoms with Crippen molar-refractivity contribution in [2.24, 2.45) is 7.05 Å². The Labute approximate surface area is 347 Å². The highest BCUT2D eigenvalue weighted by Crippen LogP contribution is 2.55. The van der Waals surface area contributed by atoms with Crippen LogP contribution in [-0.4, -0.2) is 17.7 Å². The highest BCUT2D eigenvalue weighted by atomic mass is 15.2. The Morgan fingerprint density at radius 2 is 1.10 bits per heavy atom. The predicted molar refractivity (Wildman–Crippen MR) is 255 cm³/mol. The van der Waals surface area contributed by atoms with Gasteiger partial charge in [0.05, 0.1) is 11.6 Å². The van der Waals surface area contributed by atoms with Gasteiger partial charge in [0.1, 0.15) is 0 Å². The summed E-state index contributed by atoms with van der Waals surface area (Å²) in [7, 11) is 4.51. The number of benzene rings is 10. The van der Waals surface area contributed by atoms with E-state index in [-0.39, 0.29) is 0 Å². The molecule has 2 aliphatic carbocycles. The summed E-state index contributed by atoms with van der Waals surface area (Å²) in [5.41, 5.74) is 18.4. The number of rotatable bonds is 2. The number of aryl methyl sites for hydroxylation is 1. The van der Waals surface area contributed by atoms with Crippen LogP contribution in [0.25, 0.3) is 115 Å². The molecule has 3 aliphatic rings. The second kappa shape index (κ2) is 11.6. The third-order valence-electron chi connectivity index (χ3n) is 14.5. The minimum Gasteiger partial charge on any atom is -0.367 e. The highest BCUT2D eigenvalue weighted by molar-refractivity contribution is 6.30. The zero-order chi connectivity index (χ0) is 39.4. The SMILES string of the molecule is CN1c2cc(-c3ccc4c5c(cccc35)-c3cc(-c5cc6c(c7ccccc57)c5c7ccccc7ccc5n6C)ccc3-4)c3ccccc3c2C2c3ccccc3C=CC21. The molecule has 0 bridgehead atoms. The van der Waals surface area contributed by atoms with Crippen LogP contribution in [0, 0.1) is 0 Å². The molecule has 280 valence electrons. The van der Waals surface area contributed by atoms with E-state index in [9.17, 15) is 0 Å². The summed E-state index contributed by atoms with van der Waals surface area (Å²) in [6.45, 7) is 0. The smallest absolute Gasteiger partial charge is 0.0583 e. The topological polar surface area (TPSA) is 8.17 Å². The van der Waals surface area contributed by atoms with Crippen LogP contribution in [0.15, 0.2) is 176 Å². The van der Waals surface area contributed by atoms with Crippen LogP contribution >= 0.6 is 0 Å². The Hall–Kier alpha value is -7.42. The zero-order valence-electron chi connectivity index (χ0n) is 33.4. The van der Waals surface area contributed by atoms with Crippen molar-refractivity contribution < 1.29 is 0 Å². The number of fused-ring (bicyclic) bond motifs is 17. The molecular weight excluding hydrogens is 725 g/mol. The van der Waals surface area contributed by atoms with E-state index in [1.165, 1.54) is 132 Å². The number of hydrogen-bond acceptors (Lipinski definition) is 1. The first-order chi connectivity index (χ1) is 29.6. The lowest BCUT2D eigenvalue weighted by molar-refractivity contribution is 0.707. The zero-order valence-corrected chi connectivity index (χ0v) is 33.4. The standard InChI is InChI=1S/C58H38N2/c1-59-50-28-23-33-12-3-5-14-36(33)55(50)57-43-18-9-7-16-38(43)47(31-52(57)59)35-22-25-40-46-27-26-41(42-20-11-21-45(54(42)46)48(40)30-35)49-32-53-58(44-19-10-8-17-39(44)49)56-37-15-6-4-13-34(37)24-29-51(56)60(53)2/h3-32,51,56H,1-2H3. The summed E-state index contributed by atoms with van der Waals surface area (Å²) in [5, 5.41) is 13.2. The molecule has 2 heteroatoms. The summed E-state index contributed by atoms with van der Waals surface area (Å²) in [5.74, 6) is 0.306. The minimum absolute atomic E-state index is 0.295. The molecule has 60 heavy (non-hydrogen) atoms. The molecule has 10 aromatic carbocycles. The fourth-order valence-electron chi connectivity index (χ4n) is 11.8. The van der Waals surface area contributed by atoms with E-state index in [4.69, 9.17) is 0 Å². The summed E-state index contributed by atoms with van der Waals surface area (Å²) in [6, 6.07) is 64.6. The Kier molecular flexibility index (Phi) is 6.30. The van der Waals surface area contributed by atoms with Crippen LogP contribution in [0.5, 0.6) is 0 Å². The van der Waals surface area contributed by atoms with Gasteiger partial charge in [0.15, 0.2) is 0 Å². The molecule has 0 saturated heterocycles. The third-order valence-corrected chi connectivity index (χ3v) is 14.5. The fraction of sp³-hybridized carbons (Fsp3) is 0.0690. The van der Waals surface area contributed by atoms with Gasteiger partial charge in [-0.25, -0.2) is 0 Å². The van der Waals surface area contributed by atoms with Gasteiger partial charge >= 0.3 is 0 Å². The lowest BCUT2D eigenvalue weighted by Crippen LogP contribution is -2.30. The molecule has 11 aromatic rings. The van der Waals surface area contributed by atoms with Gasteiger partial charge in [-0.1, -0.05) is 158 Å². The Morgan fingerprint density at radius 1 is 0.417 bits per heavy atom. The van der Waals surface area contributed by atoms with E-state index in [1.54, 1.807) is 0 Å². The van der Waals surface area contributed by atoms with Gasteiger partial charge in [-0.2, -0.15) is 0 Å². The lowest BCUT2D eigenvalue weighted by Gasteiger charge is -2.28. The maximum Gasteiger partial charge on any atom is 0.0583 e. The van der Waals surface area contributed by atoms with Crippen molar-refractivity contribution in [1.29, 1.82) is 0 Å². The fourth-order valence-corrected chi connectivity index (χ4v) is 11.8. The minimum atomic E-state index is 0.295. The summed E-state index contributed by atoms with van der Waals surface area (Å²) >= 11 is 0. The number of hydrogen-bond donors (Lipinski definition) is 0. The van der Waals surface area contributed by atoms with E-state index >= 15 is 0 Å². The molecule has 2 nitrogen and oxygen atoms in total. The molecule has 2 heterocycles. The second-order valence-electron chi connectivity index (χ2n) is 17.2. The monoisotopic (exact) mass is 762 g/mol. The lowest BCUT2D eigenvalue weighted by atomic mass is 9.79. The van der Waals surface area contributed by atoms with Crippen LogP contribution in [0.3, 0.4) is 0 Å². The molecule has 2 atom stereocenters. The largest absolute Gasteiger partial charge is 0.367 e. The number of nitrogens with zero attached hydrogens (tertiary/aromatic N) is 2. The van der Waals surface area contributed by atoms with Crippen LogP contribution in [-0.2, 0) is 7.05 Å². The van der Waals surface area contributed by atoms with Crippen LogP contribution in [0.1, 0.15) is 22.6 Å². The van der Waals surface area contributed by atoms with Crippen molar-refractivity contribution in [3.05, 3.63) is 193 Å². The summed E-state index contributed by atoms with van der Waals surface area (Å²) in [6.07, 6.45) is 4.73. The van der Waals surface area contributed by atoms with E-state index in [1.807, 2.05) is 0 Å². The van der Waals surface area contributed by atoms with E-state index in [0.717, 1.165) is 0 Å². The molecule has 0 radical (unpaired) electrons. The van der Waals surface area contributed by atoms with E-state index in [0.29, 0.717) is 12.0 Å². The van der Waals surface area contributed by atoms with Crippen molar-refractivity contribution in [3.63, 3.8) is 0 Å². The Balaban J connectivity index is 0.958. The Bertz CT molecular complexity index is 3770. The molecule has 2 unspecified atom stereocenters. The molecule has 0 spiro atoms. The van der Waals surface area contributed by atoms with Crippen LogP contribution < -0.4 is 4.90 Å². The maximum atomic E-state index is 2.52. The molecule has 1 aliphatic heterocycles. The summed E-state index contributed by atoms with van der Waals surface area (Å²) in [4.78, 5) is 2.52. The van der Waals surface area contributed by atoms with Gasteiger partial charge in [-0.15, -0.1) is 0 Å². The summed E-state index contributed by atoms with van der Waals surface area (Å²) < 4.78 is 2.39. The molecule has 1 aromatic heterocycles. The second-order valence-corrected chi connectivity index (χ2v) is 17.2. The third kappa shape index (κ3) is 4.08. The maximum absolute atomic E-state index is 2.52. The Morgan fingerprint density at radius 3 is 1.98 bits per heavy atom. The molecule has 14 rings (SSSR count). The average Bonchev–Trinajstić information content (AvgIpc) is 3.91. The molecule has 0 saturated carbocycles. The highest BCUT2D eigenvalue weighted by Gasteiger charge is 2.40. The van der Waals surface area contributed by atoms with Crippen LogP contribution in [0.2, 0.25) is 0 Å². The molecule has 0 fully saturated rings. The number of likely N-dealkylation sites (N-methyl/N-ethyl adjacent to an activating group) is 1. The molecular formula is C58H38N2.